The summed E-state index contributed by atoms with van der Waals surface area (Å²) in [5.41, 5.74) is 5.21. The zero-order valence-electron chi connectivity index (χ0n) is 18.8. The number of fused-ring (bicyclic) bond motifs is 3. The van der Waals surface area contributed by atoms with E-state index in [2.05, 4.69) is 5.32 Å². The summed E-state index contributed by atoms with van der Waals surface area (Å²) in [6.45, 7) is 3.63. The van der Waals surface area contributed by atoms with E-state index in [-0.39, 0.29) is 25.5 Å². The third-order valence-corrected chi connectivity index (χ3v) is 6.22. The van der Waals surface area contributed by atoms with E-state index < -0.39 is 0 Å². The van der Waals surface area contributed by atoms with Gasteiger partial charge in [0.15, 0.2) is 11.5 Å². The summed E-state index contributed by atoms with van der Waals surface area (Å²) in [4.78, 5) is 0. The lowest BCUT2D eigenvalue weighted by molar-refractivity contribution is 0.0855. The highest BCUT2D eigenvalue weighted by atomic mass is 16.7. The number of rotatable bonds is 8. The number of nitrogens with one attached hydrogen (secondary N) is 1. The molecule has 33 heavy (non-hydrogen) atoms. The van der Waals surface area contributed by atoms with Crippen LogP contribution >= 0.6 is 0 Å². The van der Waals surface area contributed by atoms with Gasteiger partial charge >= 0.3 is 0 Å². The lowest BCUT2D eigenvalue weighted by Crippen LogP contribution is -2.43. The van der Waals surface area contributed by atoms with Gasteiger partial charge in [-0.1, -0.05) is 60.7 Å². The molecule has 2 N–H and O–H groups in total. The van der Waals surface area contributed by atoms with Crippen LogP contribution in [0.5, 0.6) is 17.2 Å². The molecule has 0 saturated heterocycles. The third-order valence-electron chi connectivity index (χ3n) is 6.22. The molecule has 2 atom stereocenters. The molecule has 2 aliphatic rings. The van der Waals surface area contributed by atoms with Gasteiger partial charge in [0.25, 0.3) is 0 Å². The molecule has 0 spiro atoms. The van der Waals surface area contributed by atoms with Crippen LogP contribution in [0.3, 0.4) is 0 Å². The van der Waals surface area contributed by atoms with E-state index in [1.54, 1.807) is 0 Å². The first-order chi connectivity index (χ1) is 16.2. The van der Waals surface area contributed by atoms with Crippen LogP contribution < -0.4 is 19.5 Å². The van der Waals surface area contributed by atoms with E-state index in [0.717, 1.165) is 45.1 Å². The van der Waals surface area contributed by atoms with Crippen LogP contribution in [0.2, 0.25) is 0 Å². The fraction of sp³-hybridized carbons (Fsp3) is 0.333. The Labute approximate surface area is 194 Å². The van der Waals surface area contributed by atoms with Gasteiger partial charge in [-0.25, -0.2) is 0 Å². The van der Waals surface area contributed by atoms with Crippen LogP contribution in [-0.4, -0.2) is 31.2 Å². The van der Waals surface area contributed by atoms with Crippen molar-refractivity contribution in [3.05, 3.63) is 88.5 Å². The van der Waals surface area contributed by atoms with E-state index in [4.69, 9.17) is 18.9 Å². The first-order valence-electron chi connectivity index (χ1n) is 11.3. The zero-order valence-corrected chi connectivity index (χ0v) is 18.8. The fourth-order valence-corrected chi connectivity index (χ4v) is 4.63. The van der Waals surface area contributed by atoms with E-state index in [1.807, 2.05) is 67.6 Å². The van der Waals surface area contributed by atoms with Crippen LogP contribution in [-0.2, 0) is 24.4 Å². The lowest BCUT2D eigenvalue weighted by Gasteiger charge is -2.34. The number of benzene rings is 3. The highest BCUT2D eigenvalue weighted by Crippen LogP contribution is 2.50. The smallest absolute Gasteiger partial charge is 0.231 e. The Bertz CT molecular complexity index is 1090. The molecule has 0 fully saturated rings. The molecule has 0 aromatic heterocycles. The Morgan fingerprint density at radius 2 is 1.61 bits per heavy atom. The van der Waals surface area contributed by atoms with E-state index in [1.165, 1.54) is 0 Å². The minimum Gasteiger partial charge on any atom is -0.488 e. The molecule has 0 bridgehead atoms. The fourth-order valence-electron chi connectivity index (χ4n) is 4.63. The molecule has 5 rings (SSSR count). The average molecular weight is 448 g/mol. The van der Waals surface area contributed by atoms with Gasteiger partial charge in [0.1, 0.15) is 12.4 Å². The summed E-state index contributed by atoms with van der Waals surface area (Å²) in [6, 6.07) is 20.0. The number of hydrogen-bond acceptors (Lipinski definition) is 6. The quantitative estimate of drug-likeness (QED) is 0.543. The van der Waals surface area contributed by atoms with Crippen molar-refractivity contribution >= 4 is 0 Å². The summed E-state index contributed by atoms with van der Waals surface area (Å²) in [5.74, 6) is 2.30. The van der Waals surface area contributed by atoms with Crippen molar-refractivity contribution in [2.75, 3.05) is 20.0 Å². The Morgan fingerprint density at radius 3 is 2.30 bits per heavy atom. The van der Waals surface area contributed by atoms with Gasteiger partial charge in [-0.2, -0.15) is 0 Å². The number of ether oxygens (including phenoxy) is 4. The summed E-state index contributed by atoms with van der Waals surface area (Å²) in [6.07, 6.45) is 0.641. The molecular weight excluding hydrogens is 418 g/mol. The molecule has 6 nitrogen and oxygen atoms in total. The second-order valence-electron chi connectivity index (χ2n) is 8.49. The molecule has 0 amide bonds. The van der Waals surface area contributed by atoms with Gasteiger partial charge in [-0.15, -0.1) is 0 Å². The largest absolute Gasteiger partial charge is 0.488 e. The maximum absolute atomic E-state index is 10.00. The van der Waals surface area contributed by atoms with Crippen molar-refractivity contribution < 1.29 is 24.1 Å². The van der Waals surface area contributed by atoms with Gasteiger partial charge in [0, 0.05) is 22.7 Å². The topological polar surface area (TPSA) is 69.2 Å². The van der Waals surface area contributed by atoms with Crippen LogP contribution in [0.1, 0.15) is 33.9 Å². The number of aliphatic hydroxyl groups is 1. The Balaban J connectivity index is 1.46. The van der Waals surface area contributed by atoms with Gasteiger partial charge < -0.3 is 29.4 Å². The Hall–Kier alpha value is -3.06. The normalized spacial score (nSPS) is 18.7. The molecule has 0 radical (unpaired) electrons. The van der Waals surface area contributed by atoms with Gasteiger partial charge in [-0.3, -0.25) is 0 Å². The molecule has 3 aromatic carbocycles. The summed E-state index contributed by atoms with van der Waals surface area (Å²) < 4.78 is 24.2. The van der Waals surface area contributed by atoms with Crippen LogP contribution in [0.4, 0.5) is 0 Å². The Morgan fingerprint density at radius 1 is 0.939 bits per heavy atom. The highest BCUT2D eigenvalue weighted by Gasteiger charge is 2.37. The van der Waals surface area contributed by atoms with Crippen molar-refractivity contribution in [2.45, 2.75) is 38.6 Å². The maximum Gasteiger partial charge on any atom is 0.231 e. The maximum atomic E-state index is 10.00. The molecule has 0 unspecified atom stereocenters. The van der Waals surface area contributed by atoms with Crippen LogP contribution in [0.15, 0.2) is 60.7 Å². The highest BCUT2D eigenvalue weighted by molar-refractivity contribution is 5.65. The van der Waals surface area contributed by atoms with Crippen LogP contribution in [0.25, 0.3) is 0 Å². The lowest BCUT2D eigenvalue weighted by atomic mass is 9.87. The van der Waals surface area contributed by atoms with E-state index >= 15 is 0 Å². The minimum absolute atomic E-state index is 0.0280. The van der Waals surface area contributed by atoms with Crippen molar-refractivity contribution in [1.29, 1.82) is 0 Å². The van der Waals surface area contributed by atoms with E-state index in [9.17, 15) is 5.11 Å². The van der Waals surface area contributed by atoms with Gasteiger partial charge in [0.2, 0.25) is 6.79 Å². The van der Waals surface area contributed by atoms with Crippen LogP contribution in [0, 0.1) is 6.92 Å². The molecule has 6 heteroatoms. The molecule has 0 aliphatic carbocycles. The summed E-state index contributed by atoms with van der Waals surface area (Å²) in [5, 5.41) is 13.5. The summed E-state index contributed by atoms with van der Waals surface area (Å²) in [7, 11) is 0. The second-order valence-corrected chi connectivity index (χ2v) is 8.49. The van der Waals surface area contributed by atoms with Crippen molar-refractivity contribution in [3.63, 3.8) is 0 Å². The molecule has 2 aliphatic heterocycles. The number of aliphatic hydroxyl groups excluding tert-OH is 1. The van der Waals surface area contributed by atoms with Crippen molar-refractivity contribution in [1.82, 2.24) is 5.32 Å². The first-order valence-corrected chi connectivity index (χ1v) is 11.3. The van der Waals surface area contributed by atoms with Crippen molar-refractivity contribution in [2.24, 2.45) is 0 Å². The number of hydrogen-bond donors (Lipinski definition) is 2. The van der Waals surface area contributed by atoms with E-state index in [0.29, 0.717) is 26.2 Å². The summed E-state index contributed by atoms with van der Waals surface area (Å²) >= 11 is 0. The predicted octanol–water partition coefficient (Wildman–Crippen LogP) is 4.07. The SMILES string of the molecule is Cc1c(OCc2ccccc2)c2c(c3c1OCO3)[C@H](COCc1ccccc1)N[C@H](CO)C2. The van der Waals surface area contributed by atoms with Crippen molar-refractivity contribution in [3.8, 4) is 17.2 Å². The van der Waals surface area contributed by atoms with Gasteiger partial charge in [0.05, 0.1) is 25.9 Å². The standard InChI is InChI=1S/C27H29NO5/c1-18-25(31-15-20-10-6-3-7-11-20)22-12-21(13-29)28-23(24(22)27-26(18)32-17-33-27)16-30-14-19-8-4-2-5-9-19/h2-11,21,23,28-29H,12-17H2,1H3/t21-,23-/m0/s1. The zero-order chi connectivity index (χ0) is 22.6. The third kappa shape index (κ3) is 4.55. The monoisotopic (exact) mass is 447 g/mol. The minimum atomic E-state index is -0.148. The molecule has 2 heterocycles. The second kappa shape index (κ2) is 9.83. The molecular formula is C27H29NO5. The first kappa shape index (κ1) is 21.8. The Kier molecular flexibility index (Phi) is 6.48. The molecule has 3 aromatic rings. The molecule has 0 saturated carbocycles. The average Bonchev–Trinajstić information content (AvgIpc) is 3.35. The van der Waals surface area contributed by atoms with Gasteiger partial charge in [-0.05, 0) is 24.5 Å². The predicted molar refractivity (Wildman–Crippen MR) is 125 cm³/mol. The molecule has 172 valence electrons.